The first-order valence-electron chi connectivity index (χ1n) is 8.17. The van der Waals surface area contributed by atoms with Crippen LogP contribution in [-0.2, 0) is 4.74 Å². The van der Waals surface area contributed by atoms with Gasteiger partial charge >= 0.3 is 0 Å². The summed E-state index contributed by atoms with van der Waals surface area (Å²) in [6, 6.07) is 14.9. The number of thioether (sulfide) groups is 1. The van der Waals surface area contributed by atoms with E-state index in [0.29, 0.717) is 37.7 Å². The molecule has 134 valence electrons. The highest BCUT2D eigenvalue weighted by atomic mass is 35.5. The molecule has 0 saturated heterocycles. The van der Waals surface area contributed by atoms with E-state index in [-0.39, 0.29) is 5.91 Å². The van der Waals surface area contributed by atoms with Crippen LogP contribution in [0.4, 0.5) is 0 Å². The van der Waals surface area contributed by atoms with E-state index in [4.69, 9.17) is 21.1 Å². The number of carbonyl (C=O) groups is 1. The summed E-state index contributed by atoms with van der Waals surface area (Å²) >= 11 is 7.53. The molecule has 1 N–H and O–H groups in total. The second kappa shape index (κ2) is 11.0. The minimum atomic E-state index is -0.135. The number of benzene rings is 2. The average Bonchev–Trinajstić information content (AvgIpc) is 2.64. The third kappa shape index (κ3) is 6.98. The molecule has 6 heteroatoms. The van der Waals surface area contributed by atoms with Gasteiger partial charge in [-0.15, -0.1) is 11.8 Å². The van der Waals surface area contributed by atoms with E-state index in [0.717, 1.165) is 15.7 Å². The Hall–Kier alpha value is -1.69. The van der Waals surface area contributed by atoms with Crippen LogP contribution in [0.1, 0.15) is 17.3 Å². The van der Waals surface area contributed by atoms with Crippen molar-refractivity contribution in [2.45, 2.75) is 11.8 Å². The maximum Gasteiger partial charge on any atom is 0.255 e. The molecule has 0 atom stereocenters. The SMILES string of the molecule is CCOCCOc1ccccc1C(=O)NCCSc1ccc(Cl)cc1. The minimum absolute atomic E-state index is 0.135. The molecule has 0 radical (unpaired) electrons. The fraction of sp³-hybridized carbons (Fsp3) is 0.316. The lowest BCUT2D eigenvalue weighted by Crippen LogP contribution is -2.26. The van der Waals surface area contributed by atoms with E-state index < -0.39 is 0 Å². The van der Waals surface area contributed by atoms with Crippen LogP contribution in [-0.4, -0.2) is 38.0 Å². The third-order valence-electron chi connectivity index (χ3n) is 3.29. The molecule has 0 fully saturated rings. The lowest BCUT2D eigenvalue weighted by molar-refractivity contribution is 0.0939. The van der Waals surface area contributed by atoms with Crippen LogP contribution in [0.5, 0.6) is 5.75 Å². The van der Waals surface area contributed by atoms with Gasteiger partial charge in [-0.2, -0.15) is 0 Å². The van der Waals surface area contributed by atoms with Crippen molar-refractivity contribution in [2.75, 3.05) is 32.1 Å². The van der Waals surface area contributed by atoms with Gasteiger partial charge in [0.05, 0.1) is 12.2 Å². The van der Waals surface area contributed by atoms with Crippen molar-refractivity contribution in [1.29, 1.82) is 0 Å². The highest BCUT2D eigenvalue weighted by Gasteiger charge is 2.11. The second-order valence-corrected chi connectivity index (χ2v) is 6.70. The molecule has 2 rings (SSSR count). The van der Waals surface area contributed by atoms with Crippen LogP contribution < -0.4 is 10.1 Å². The Morgan fingerprint density at radius 1 is 1.12 bits per heavy atom. The molecular weight excluding hydrogens is 358 g/mol. The normalized spacial score (nSPS) is 10.5. The lowest BCUT2D eigenvalue weighted by atomic mass is 10.2. The highest BCUT2D eigenvalue weighted by Crippen LogP contribution is 2.20. The molecule has 0 aliphatic heterocycles. The topological polar surface area (TPSA) is 47.6 Å². The predicted molar refractivity (Wildman–Crippen MR) is 103 cm³/mol. The first-order valence-corrected chi connectivity index (χ1v) is 9.53. The van der Waals surface area contributed by atoms with Crippen LogP contribution in [0, 0.1) is 0 Å². The van der Waals surface area contributed by atoms with E-state index >= 15 is 0 Å². The van der Waals surface area contributed by atoms with E-state index in [1.807, 2.05) is 43.3 Å². The van der Waals surface area contributed by atoms with Gasteiger partial charge < -0.3 is 14.8 Å². The van der Waals surface area contributed by atoms with Crippen molar-refractivity contribution in [1.82, 2.24) is 5.32 Å². The highest BCUT2D eigenvalue weighted by molar-refractivity contribution is 7.99. The molecule has 0 aliphatic rings. The first kappa shape index (κ1) is 19.6. The molecule has 0 bridgehead atoms. The number of halogens is 1. The number of rotatable bonds is 10. The zero-order valence-electron chi connectivity index (χ0n) is 14.2. The summed E-state index contributed by atoms with van der Waals surface area (Å²) < 4.78 is 10.9. The molecule has 0 spiro atoms. The standard InChI is InChI=1S/C19H22ClNO3S/c1-2-23-12-13-24-18-6-4-3-5-17(18)19(22)21-11-14-25-16-9-7-15(20)8-10-16/h3-10H,2,11-14H2,1H3,(H,21,22). The smallest absolute Gasteiger partial charge is 0.255 e. The number of ether oxygens (including phenoxy) is 2. The molecular formula is C19H22ClNO3S. The second-order valence-electron chi connectivity index (χ2n) is 5.10. The summed E-state index contributed by atoms with van der Waals surface area (Å²) in [6.07, 6.45) is 0. The zero-order chi connectivity index (χ0) is 17.9. The minimum Gasteiger partial charge on any atom is -0.490 e. The van der Waals surface area contributed by atoms with E-state index in [1.54, 1.807) is 23.9 Å². The Balaban J connectivity index is 1.79. The summed E-state index contributed by atoms with van der Waals surface area (Å²) in [5.41, 5.74) is 0.537. The summed E-state index contributed by atoms with van der Waals surface area (Å²) in [4.78, 5) is 13.5. The molecule has 0 aliphatic carbocycles. The summed E-state index contributed by atoms with van der Waals surface area (Å²) in [7, 11) is 0. The molecule has 0 aromatic heterocycles. The van der Waals surface area contributed by atoms with Crippen molar-refractivity contribution in [2.24, 2.45) is 0 Å². The summed E-state index contributed by atoms with van der Waals surface area (Å²) in [5.74, 6) is 1.22. The van der Waals surface area contributed by atoms with Crippen molar-refractivity contribution in [3.63, 3.8) is 0 Å². The maximum absolute atomic E-state index is 12.4. The van der Waals surface area contributed by atoms with Gasteiger partial charge in [-0.3, -0.25) is 4.79 Å². The van der Waals surface area contributed by atoms with E-state index in [1.165, 1.54) is 0 Å². The van der Waals surface area contributed by atoms with Gasteiger partial charge in [0.25, 0.3) is 5.91 Å². The van der Waals surface area contributed by atoms with E-state index in [9.17, 15) is 4.79 Å². The van der Waals surface area contributed by atoms with Crippen LogP contribution in [0.3, 0.4) is 0 Å². The van der Waals surface area contributed by atoms with Crippen LogP contribution in [0.15, 0.2) is 53.4 Å². The maximum atomic E-state index is 12.4. The van der Waals surface area contributed by atoms with Gasteiger partial charge in [-0.25, -0.2) is 0 Å². The Morgan fingerprint density at radius 3 is 2.64 bits per heavy atom. The van der Waals surface area contributed by atoms with Crippen LogP contribution in [0.2, 0.25) is 5.02 Å². The first-order chi connectivity index (χ1) is 12.2. The van der Waals surface area contributed by atoms with E-state index in [2.05, 4.69) is 5.32 Å². The number of hydrogen-bond donors (Lipinski definition) is 1. The van der Waals surface area contributed by atoms with Crippen molar-refractivity contribution in [3.05, 3.63) is 59.1 Å². The van der Waals surface area contributed by atoms with Crippen LogP contribution >= 0.6 is 23.4 Å². The Labute approximate surface area is 157 Å². The van der Waals surface area contributed by atoms with Crippen molar-refractivity contribution in [3.8, 4) is 5.75 Å². The molecule has 2 aromatic carbocycles. The Bertz CT molecular complexity index is 664. The van der Waals surface area contributed by atoms with Gasteiger partial charge in [0, 0.05) is 28.8 Å². The van der Waals surface area contributed by atoms with Crippen molar-refractivity contribution < 1.29 is 14.3 Å². The Kier molecular flexibility index (Phi) is 8.66. The average molecular weight is 380 g/mol. The number of nitrogens with one attached hydrogen (secondary N) is 1. The van der Waals surface area contributed by atoms with Gasteiger partial charge in [-0.1, -0.05) is 23.7 Å². The fourth-order valence-corrected chi connectivity index (χ4v) is 2.99. The quantitative estimate of drug-likeness (QED) is 0.494. The number of para-hydroxylation sites is 1. The molecule has 0 saturated carbocycles. The fourth-order valence-electron chi connectivity index (χ4n) is 2.09. The molecule has 25 heavy (non-hydrogen) atoms. The number of amides is 1. The van der Waals surface area contributed by atoms with Gasteiger partial charge in [-0.05, 0) is 43.3 Å². The predicted octanol–water partition coefficient (Wildman–Crippen LogP) is 4.28. The molecule has 0 heterocycles. The monoisotopic (exact) mass is 379 g/mol. The summed E-state index contributed by atoms with van der Waals surface area (Å²) in [5, 5.41) is 3.65. The van der Waals surface area contributed by atoms with Crippen molar-refractivity contribution >= 4 is 29.3 Å². The number of hydrogen-bond acceptors (Lipinski definition) is 4. The largest absolute Gasteiger partial charge is 0.490 e. The Morgan fingerprint density at radius 2 is 1.88 bits per heavy atom. The number of carbonyl (C=O) groups excluding carboxylic acids is 1. The van der Waals surface area contributed by atoms with Gasteiger partial charge in [0.15, 0.2) is 0 Å². The zero-order valence-corrected chi connectivity index (χ0v) is 15.7. The van der Waals surface area contributed by atoms with Gasteiger partial charge in [0.1, 0.15) is 12.4 Å². The molecule has 4 nitrogen and oxygen atoms in total. The lowest BCUT2D eigenvalue weighted by Gasteiger charge is -2.11. The molecule has 1 amide bonds. The van der Waals surface area contributed by atoms with Gasteiger partial charge in [0.2, 0.25) is 0 Å². The molecule has 0 unspecified atom stereocenters. The van der Waals surface area contributed by atoms with Crippen LogP contribution in [0.25, 0.3) is 0 Å². The summed E-state index contributed by atoms with van der Waals surface area (Å²) in [6.45, 7) is 4.08. The molecule has 2 aromatic rings. The third-order valence-corrected chi connectivity index (χ3v) is 4.56.